The van der Waals surface area contributed by atoms with Gasteiger partial charge in [0.1, 0.15) is 46.4 Å². The maximum atomic E-state index is 10.4. The number of aromatic nitrogens is 4. The molecule has 0 amide bonds. The van der Waals surface area contributed by atoms with Gasteiger partial charge in [0.25, 0.3) is 0 Å². The molecule has 5 aromatic carbocycles. The van der Waals surface area contributed by atoms with Crippen molar-refractivity contribution in [2.24, 2.45) is 0 Å². The number of nitriles is 2. The Hall–Kier alpha value is -9.22. The summed E-state index contributed by atoms with van der Waals surface area (Å²) in [5, 5.41) is 20.8. The Morgan fingerprint density at radius 2 is 0.829 bits per heavy atom. The molecular formula is C66H60N6O4. The lowest BCUT2D eigenvalue weighted by Gasteiger charge is -2.09. The summed E-state index contributed by atoms with van der Waals surface area (Å²) in [5.41, 5.74) is 12.4. The molecule has 0 fully saturated rings. The van der Waals surface area contributed by atoms with E-state index in [4.69, 9.17) is 28.9 Å². The Balaban J connectivity index is 0.999. The standard InChI is InChI=1S/C66H60N6O4/c1-5-7-9-11-37-75-59-31-23-51(24-32-59)65-61(39-47-15-27-57(73-3)28-16-47)71-45-49(19-35-63(71)69-65)13-21-53-41-56(44-68)54(42-55(53)43-67)22-14-50-20-36-64-70-66(52-25-33-60(34-26-52)76-38-12-10-8-6-2)62(72(64)46-50)40-48-17-29-58(74-4)30-18-48/h15-20,23-36,41-42,45-46H,5-12,37-40H2,1-4H3. The van der Waals surface area contributed by atoms with E-state index < -0.39 is 0 Å². The van der Waals surface area contributed by atoms with E-state index in [2.05, 4.69) is 107 Å². The van der Waals surface area contributed by atoms with Crippen LogP contribution in [0.25, 0.3) is 33.8 Å². The van der Waals surface area contributed by atoms with Gasteiger partial charge in [-0.2, -0.15) is 10.5 Å². The molecule has 0 saturated heterocycles. The zero-order valence-corrected chi connectivity index (χ0v) is 43.7. The van der Waals surface area contributed by atoms with Crippen LogP contribution in [0.15, 0.2) is 146 Å². The van der Waals surface area contributed by atoms with E-state index in [1.54, 1.807) is 26.4 Å². The third-order valence-corrected chi connectivity index (χ3v) is 13.4. The molecule has 378 valence electrons. The Kier molecular flexibility index (Phi) is 17.1. The van der Waals surface area contributed by atoms with Gasteiger partial charge in [-0.15, -0.1) is 0 Å². The number of nitrogens with zero attached hydrogens (tertiary/aromatic N) is 6. The number of rotatable bonds is 20. The van der Waals surface area contributed by atoms with Crippen molar-refractivity contribution >= 4 is 11.3 Å². The van der Waals surface area contributed by atoms with Gasteiger partial charge >= 0.3 is 0 Å². The molecule has 9 aromatic rings. The van der Waals surface area contributed by atoms with Gasteiger partial charge in [0.15, 0.2) is 0 Å². The van der Waals surface area contributed by atoms with Crippen LogP contribution in [-0.4, -0.2) is 46.2 Å². The number of hydrogen-bond acceptors (Lipinski definition) is 8. The minimum absolute atomic E-state index is 0.319. The first-order valence-electron chi connectivity index (χ1n) is 26.1. The molecule has 0 aliphatic carbocycles. The van der Waals surface area contributed by atoms with Crippen molar-refractivity contribution in [1.82, 2.24) is 18.8 Å². The molecule has 10 nitrogen and oxygen atoms in total. The predicted molar refractivity (Wildman–Crippen MR) is 300 cm³/mol. The highest BCUT2D eigenvalue weighted by molar-refractivity contribution is 5.70. The summed E-state index contributed by atoms with van der Waals surface area (Å²) in [7, 11) is 3.32. The molecule has 0 radical (unpaired) electrons. The molecule has 0 atom stereocenters. The first-order valence-corrected chi connectivity index (χ1v) is 26.1. The van der Waals surface area contributed by atoms with Crippen LogP contribution < -0.4 is 18.9 Å². The normalized spacial score (nSPS) is 10.8. The van der Waals surface area contributed by atoms with E-state index >= 15 is 0 Å². The first-order chi connectivity index (χ1) is 37.4. The lowest BCUT2D eigenvalue weighted by molar-refractivity contribution is 0.305. The highest BCUT2D eigenvalue weighted by Gasteiger charge is 2.18. The zero-order chi connectivity index (χ0) is 52.6. The third-order valence-electron chi connectivity index (χ3n) is 13.4. The number of hydrogen-bond donors (Lipinski definition) is 0. The van der Waals surface area contributed by atoms with Gasteiger partial charge in [0.05, 0.1) is 61.3 Å². The van der Waals surface area contributed by atoms with Gasteiger partial charge in [-0.3, -0.25) is 0 Å². The van der Waals surface area contributed by atoms with Crippen molar-refractivity contribution in [2.75, 3.05) is 27.4 Å². The molecule has 0 spiro atoms. The molecular weight excluding hydrogens is 941 g/mol. The molecule has 4 aromatic heterocycles. The van der Waals surface area contributed by atoms with Crippen LogP contribution >= 0.6 is 0 Å². The van der Waals surface area contributed by atoms with Crippen LogP contribution in [-0.2, 0) is 12.8 Å². The van der Waals surface area contributed by atoms with Crippen LogP contribution in [0.1, 0.15) is 121 Å². The summed E-state index contributed by atoms with van der Waals surface area (Å²) >= 11 is 0. The van der Waals surface area contributed by atoms with Gasteiger partial charge in [0.2, 0.25) is 0 Å². The quantitative estimate of drug-likeness (QED) is 0.0547. The molecule has 9 rings (SSSR count). The number of methoxy groups -OCH3 is 2. The van der Waals surface area contributed by atoms with Gasteiger partial charge in [-0.25, -0.2) is 9.97 Å². The second kappa shape index (κ2) is 25.1. The van der Waals surface area contributed by atoms with Crippen LogP contribution in [0.5, 0.6) is 23.0 Å². The highest BCUT2D eigenvalue weighted by Crippen LogP contribution is 2.32. The fourth-order valence-electron chi connectivity index (χ4n) is 9.13. The molecule has 0 N–H and O–H groups in total. The summed E-state index contributed by atoms with van der Waals surface area (Å²) in [6.07, 6.45) is 14.4. The van der Waals surface area contributed by atoms with E-state index in [0.717, 1.165) is 105 Å². The average molecular weight is 1000 g/mol. The minimum Gasteiger partial charge on any atom is -0.497 e. The first kappa shape index (κ1) is 51.7. The fourth-order valence-corrected chi connectivity index (χ4v) is 9.13. The van der Waals surface area contributed by atoms with Crippen LogP contribution in [0.4, 0.5) is 0 Å². The molecule has 0 aliphatic heterocycles. The van der Waals surface area contributed by atoms with Crippen molar-refractivity contribution in [3.05, 3.63) is 202 Å². The number of unbranched alkanes of at least 4 members (excludes halogenated alkanes) is 6. The smallest absolute Gasteiger partial charge is 0.137 e. The van der Waals surface area contributed by atoms with Crippen LogP contribution in [0.3, 0.4) is 0 Å². The largest absolute Gasteiger partial charge is 0.497 e. The fraction of sp³-hybridized carbons (Fsp3) is 0.242. The van der Waals surface area contributed by atoms with Crippen molar-refractivity contribution in [2.45, 2.75) is 78.1 Å². The van der Waals surface area contributed by atoms with Gasteiger partial charge < -0.3 is 27.7 Å². The predicted octanol–water partition coefficient (Wildman–Crippen LogP) is 14.0. The Labute approximate surface area is 446 Å². The summed E-state index contributed by atoms with van der Waals surface area (Å²) in [6.45, 7) is 5.80. The van der Waals surface area contributed by atoms with Crippen molar-refractivity contribution in [3.63, 3.8) is 0 Å². The lowest BCUT2D eigenvalue weighted by atomic mass is 9.99. The second-order valence-corrected chi connectivity index (χ2v) is 18.7. The minimum atomic E-state index is 0.319. The third kappa shape index (κ3) is 12.6. The lowest BCUT2D eigenvalue weighted by Crippen LogP contribution is -1.99. The van der Waals surface area contributed by atoms with E-state index in [9.17, 15) is 10.5 Å². The zero-order valence-electron chi connectivity index (χ0n) is 43.7. The van der Waals surface area contributed by atoms with Crippen LogP contribution in [0, 0.1) is 46.3 Å². The summed E-state index contributed by atoms with van der Waals surface area (Å²) in [6, 6.07) is 48.1. The number of imidazole rings is 2. The number of benzene rings is 5. The Morgan fingerprint density at radius 3 is 1.20 bits per heavy atom. The monoisotopic (exact) mass is 1000 g/mol. The molecule has 10 heteroatoms. The summed E-state index contributed by atoms with van der Waals surface area (Å²) < 4.78 is 27.2. The number of fused-ring (bicyclic) bond motifs is 2. The Morgan fingerprint density at radius 1 is 0.434 bits per heavy atom. The topological polar surface area (TPSA) is 119 Å². The van der Waals surface area contributed by atoms with E-state index in [-0.39, 0.29) is 0 Å². The van der Waals surface area contributed by atoms with E-state index in [1.807, 2.05) is 85.2 Å². The van der Waals surface area contributed by atoms with Crippen molar-refractivity contribution in [3.8, 4) is 81.3 Å². The van der Waals surface area contributed by atoms with Crippen molar-refractivity contribution in [1.29, 1.82) is 10.5 Å². The summed E-state index contributed by atoms with van der Waals surface area (Å²) in [4.78, 5) is 10.2. The molecule has 76 heavy (non-hydrogen) atoms. The molecule has 0 bridgehead atoms. The SMILES string of the molecule is CCCCCCOc1ccc(-c2nc3ccc(C#Cc4cc(C#N)c(C#Cc5ccc6nc(-c7ccc(OCCCCCC)cc7)c(Cc7ccc(OC)cc7)n6c5)cc4C#N)cn3c2Cc2ccc(OC)cc2)cc1. The molecule has 0 unspecified atom stereocenters. The second-order valence-electron chi connectivity index (χ2n) is 18.7. The maximum Gasteiger partial charge on any atom is 0.137 e. The maximum absolute atomic E-state index is 10.4. The van der Waals surface area contributed by atoms with Gasteiger partial charge in [-0.05, 0) is 133 Å². The van der Waals surface area contributed by atoms with Gasteiger partial charge in [0, 0.05) is 58.6 Å². The molecule has 4 heterocycles. The van der Waals surface area contributed by atoms with E-state index in [1.165, 1.54) is 25.7 Å². The van der Waals surface area contributed by atoms with E-state index in [0.29, 0.717) is 59.4 Å². The molecule has 0 aliphatic rings. The van der Waals surface area contributed by atoms with Crippen molar-refractivity contribution < 1.29 is 18.9 Å². The number of ether oxygens (including phenoxy) is 4. The average Bonchev–Trinajstić information content (AvgIpc) is 4.02. The highest BCUT2D eigenvalue weighted by atomic mass is 16.5. The van der Waals surface area contributed by atoms with Gasteiger partial charge in [-0.1, -0.05) is 100 Å². The van der Waals surface area contributed by atoms with Crippen LogP contribution in [0.2, 0.25) is 0 Å². The molecule has 0 saturated carbocycles. The summed E-state index contributed by atoms with van der Waals surface area (Å²) in [5.74, 6) is 16.2. The number of pyridine rings is 2. The Bertz CT molecular complexity index is 3420.